The molecule has 3 unspecified atom stereocenters. The van der Waals surface area contributed by atoms with Crippen LogP contribution in [0.3, 0.4) is 0 Å². The van der Waals surface area contributed by atoms with Gasteiger partial charge in [-0.25, -0.2) is 0 Å². The Kier molecular flexibility index (Phi) is 4.09. The second kappa shape index (κ2) is 6.15. The first-order valence-electron chi connectivity index (χ1n) is 9.68. The molecule has 1 aromatic rings. The molecule has 0 spiro atoms. The van der Waals surface area contributed by atoms with Crippen molar-refractivity contribution in [3.05, 3.63) is 40.9 Å². The monoisotopic (exact) mass is 339 g/mol. The Morgan fingerprint density at radius 3 is 2.84 bits per heavy atom. The van der Waals surface area contributed by atoms with E-state index in [1.165, 1.54) is 19.3 Å². The fourth-order valence-electron chi connectivity index (χ4n) is 5.63. The summed E-state index contributed by atoms with van der Waals surface area (Å²) in [5, 5.41) is 7.52. The topological polar surface area (TPSA) is 46.9 Å². The molecule has 0 radical (unpaired) electrons. The van der Waals surface area contributed by atoms with Gasteiger partial charge in [0.15, 0.2) is 0 Å². The highest BCUT2D eigenvalue weighted by molar-refractivity contribution is 5.96. The van der Waals surface area contributed by atoms with Crippen molar-refractivity contribution < 1.29 is 4.79 Å². The van der Waals surface area contributed by atoms with Gasteiger partial charge in [-0.1, -0.05) is 19.9 Å². The fraction of sp³-hybridized carbons (Fsp3) is 0.619. The van der Waals surface area contributed by atoms with Gasteiger partial charge in [0.2, 0.25) is 0 Å². The first-order chi connectivity index (χ1) is 12.0. The average molecular weight is 339 g/mol. The summed E-state index contributed by atoms with van der Waals surface area (Å²) in [7, 11) is 1.86. The molecule has 1 heterocycles. The number of hydrogen-bond donors (Lipinski definition) is 1. The van der Waals surface area contributed by atoms with Crippen LogP contribution >= 0.6 is 0 Å². The second-order valence-electron chi connectivity index (χ2n) is 8.51. The van der Waals surface area contributed by atoms with Crippen molar-refractivity contribution in [1.29, 1.82) is 0 Å². The van der Waals surface area contributed by atoms with E-state index >= 15 is 0 Å². The zero-order valence-electron chi connectivity index (χ0n) is 15.7. The van der Waals surface area contributed by atoms with Gasteiger partial charge in [0.25, 0.3) is 5.91 Å². The predicted octanol–water partition coefficient (Wildman–Crippen LogP) is 3.99. The first-order valence-corrected chi connectivity index (χ1v) is 9.68. The highest BCUT2D eigenvalue weighted by Crippen LogP contribution is 2.60. The molecule has 3 aliphatic carbocycles. The number of carbonyl (C=O) groups is 1. The van der Waals surface area contributed by atoms with Crippen LogP contribution < -0.4 is 5.32 Å². The van der Waals surface area contributed by atoms with Crippen molar-refractivity contribution >= 4 is 5.91 Å². The maximum atomic E-state index is 12.8. The maximum Gasteiger partial charge on any atom is 0.259 e. The highest BCUT2D eigenvalue weighted by Gasteiger charge is 2.52. The van der Waals surface area contributed by atoms with Crippen LogP contribution in [0.1, 0.15) is 55.6 Å². The normalized spacial score (nSPS) is 30.3. The van der Waals surface area contributed by atoms with Gasteiger partial charge in [-0.3, -0.25) is 9.48 Å². The third kappa shape index (κ3) is 2.76. The summed E-state index contributed by atoms with van der Waals surface area (Å²) in [5.41, 5.74) is 4.07. The number of rotatable bonds is 4. The van der Waals surface area contributed by atoms with E-state index in [9.17, 15) is 4.79 Å². The third-order valence-electron chi connectivity index (χ3n) is 6.43. The molecule has 2 fully saturated rings. The molecule has 1 N–H and O–H groups in total. The van der Waals surface area contributed by atoms with Crippen molar-refractivity contribution in [3.8, 4) is 0 Å². The minimum Gasteiger partial charge on any atom is -0.322 e. The summed E-state index contributed by atoms with van der Waals surface area (Å²) in [6.07, 6.45) is 11.3. The summed E-state index contributed by atoms with van der Waals surface area (Å²) < 4.78 is 1.71. The Hall–Kier alpha value is -1.84. The molecule has 4 rings (SSSR count). The van der Waals surface area contributed by atoms with Crippen molar-refractivity contribution in [2.24, 2.45) is 36.6 Å². The summed E-state index contributed by atoms with van der Waals surface area (Å²) >= 11 is 0. The molecule has 134 valence electrons. The van der Waals surface area contributed by atoms with E-state index in [1.54, 1.807) is 10.3 Å². The lowest BCUT2D eigenvalue weighted by Crippen LogP contribution is -2.28. The number of fused-ring (bicyclic) bond motifs is 5. The fourth-order valence-corrected chi connectivity index (χ4v) is 5.63. The summed E-state index contributed by atoms with van der Waals surface area (Å²) in [6, 6.07) is 0. The smallest absolute Gasteiger partial charge is 0.259 e. The molecule has 0 aromatic carbocycles. The number of amides is 1. The molecule has 3 aliphatic rings. The van der Waals surface area contributed by atoms with E-state index < -0.39 is 0 Å². The van der Waals surface area contributed by atoms with Gasteiger partial charge in [0.1, 0.15) is 0 Å². The van der Waals surface area contributed by atoms with Crippen LogP contribution in [-0.2, 0) is 7.05 Å². The Labute approximate surface area is 150 Å². The zero-order valence-corrected chi connectivity index (χ0v) is 15.7. The number of carbonyl (C=O) groups excluding carboxylic acids is 1. The van der Waals surface area contributed by atoms with E-state index in [2.05, 4.69) is 36.4 Å². The number of nitrogens with zero attached hydrogens (tertiary/aromatic N) is 2. The van der Waals surface area contributed by atoms with E-state index in [4.69, 9.17) is 0 Å². The molecule has 1 aromatic heterocycles. The average Bonchev–Trinajstić information content (AvgIpc) is 3.19. The molecule has 4 nitrogen and oxygen atoms in total. The third-order valence-corrected chi connectivity index (χ3v) is 6.43. The minimum atomic E-state index is -0.0263. The van der Waals surface area contributed by atoms with Crippen LogP contribution in [0.15, 0.2) is 29.6 Å². The highest BCUT2D eigenvalue weighted by atomic mass is 16.1. The number of nitrogens with one attached hydrogen (secondary N) is 1. The van der Waals surface area contributed by atoms with Crippen molar-refractivity contribution in [1.82, 2.24) is 15.1 Å². The SMILES string of the molecule is Cc1nn(C)cc1C(=O)NC1=C2C3CC[C@H](C2CC=C1)C3CC(C)C. The molecule has 25 heavy (non-hydrogen) atoms. The first kappa shape index (κ1) is 16.6. The van der Waals surface area contributed by atoms with Crippen LogP contribution in [0.5, 0.6) is 0 Å². The van der Waals surface area contributed by atoms with Crippen molar-refractivity contribution in [3.63, 3.8) is 0 Å². The quantitative estimate of drug-likeness (QED) is 0.901. The number of aromatic nitrogens is 2. The standard InChI is InChI=1S/C21H29N3O/c1-12(2)10-17-14-8-9-16(17)20-15(14)6-5-7-19(20)22-21(25)18-11-24(4)23-13(18)3/h5,7,11-12,14-17H,6,8-10H2,1-4H3,(H,22,25)/t14-,15?,16?,17?/m1/s1. The zero-order chi connectivity index (χ0) is 17.7. The lowest BCUT2D eigenvalue weighted by Gasteiger charge is -2.29. The molecule has 1 amide bonds. The van der Waals surface area contributed by atoms with Gasteiger partial charge in [-0.15, -0.1) is 0 Å². The van der Waals surface area contributed by atoms with Gasteiger partial charge >= 0.3 is 0 Å². The molecular formula is C21H29N3O. The van der Waals surface area contributed by atoms with Crippen molar-refractivity contribution in [2.75, 3.05) is 0 Å². The van der Waals surface area contributed by atoms with Gasteiger partial charge < -0.3 is 5.32 Å². The lowest BCUT2D eigenvalue weighted by molar-refractivity contribution is 0.0965. The Morgan fingerprint density at radius 1 is 1.36 bits per heavy atom. The Morgan fingerprint density at radius 2 is 2.16 bits per heavy atom. The van der Waals surface area contributed by atoms with E-state index in [0.717, 1.165) is 35.6 Å². The number of allylic oxidation sites excluding steroid dienone is 3. The van der Waals surface area contributed by atoms with Gasteiger partial charge in [0.05, 0.1) is 11.3 Å². The van der Waals surface area contributed by atoms with Crippen LogP contribution in [0.25, 0.3) is 0 Å². The lowest BCUT2D eigenvalue weighted by atomic mass is 9.78. The molecule has 2 bridgehead atoms. The van der Waals surface area contributed by atoms with Crippen LogP contribution in [0.4, 0.5) is 0 Å². The van der Waals surface area contributed by atoms with Gasteiger partial charge in [-0.2, -0.15) is 5.10 Å². The Balaban J connectivity index is 1.62. The molecule has 4 heteroatoms. The summed E-state index contributed by atoms with van der Waals surface area (Å²) in [6.45, 7) is 6.56. The molecule has 0 saturated heterocycles. The number of aryl methyl sites for hydroxylation is 2. The van der Waals surface area contributed by atoms with E-state index in [0.29, 0.717) is 17.4 Å². The van der Waals surface area contributed by atoms with E-state index in [1.807, 2.05) is 20.2 Å². The summed E-state index contributed by atoms with van der Waals surface area (Å²) in [4.78, 5) is 12.8. The molecule has 4 atom stereocenters. The second-order valence-corrected chi connectivity index (χ2v) is 8.51. The van der Waals surface area contributed by atoms with Crippen LogP contribution in [0.2, 0.25) is 0 Å². The summed E-state index contributed by atoms with van der Waals surface area (Å²) in [5.74, 6) is 3.68. The minimum absolute atomic E-state index is 0.0263. The van der Waals surface area contributed by atoms with Crippen LogP contribution in [-0.4, -0.2) is 15.7 Å². The van der Waals surface area contributed by atoms with Gasteiger partial charge in [0, 0.05) is 18.9 Å². The molecule has 2 saturated carbocycles. The number of hydrogen-bond acceptors (Lipinski definition) is 2. The largest absolute Gasteiger partial charge is 0.322 e. The van der Waals surface area contributed by atoms with E-state index in [-0.39, 0.29) is 5.91 Å². The molecular weight excluding hydrogens is 310 g/mol. The van der Waals surface area contributed by atoms with Crippen molar-refractivity contribution in [2.45, 2.75) is 46.5 Å². The van der Waals surface area contributed by atoms with Gasteiger partial charge in [-0.05, 0) is 73.8 Å². The molecule has 0 aliphatic heterocycles. The predicted molar refractivity (Wildman–Crippen MR) is 98.8 cm³/mol. The Bertz CT molecular complexity index is 755. The van der Waals surface area contributed by atoms with Crippen LogP contribution in [0, 0.1) is 36.5 Å². The maximum absolute atomic E-state index is 12.8.